The van der Waals surface area contributed by atoms with Gasteiger partial charge in [-0.25, -0.2) is 0 Å². The molecule has 5 heteroatoms. The van der Waals surface area contributed by atoms with Crippen molar-refractivity contribution >= 4 is 5.97 Å². The van der Waals surface area contributed by atoms with Gasteiger partial charge in [-0.2, -0.15) is 0 Å². The first-order chi connectivity index (χ1) is 8.53. The third-order valence-electron chi connectivity index (χ3n) is 2.67. The SMILES string of the molecule is COC(=O)C[C@@H](N)c1c(OC)cc(C)cc1OC. The van der Waals surface area contributed by atoms with Crippen LogP contribution >= 0.6 is 0 Å². The number of carbonyl (C=O) groups excluding carboxylic acids is 1. The number of esters is 1. The molecule has 100 valence electrons. The fourth-order valence-electron chi connectivity index (χ4n) is 1.80. The van der Waals surface area contributed by atoms with Crippen molar-refractivity contribution < 1.29 is 19.0 Å². The number of aryl methyl sites for hydroxylation is 1. The highest BCUT2D eigenvalue weighted by Gasteiger charge is 2.21. The van der Waals surface area contributed by atoms with Crippen molar-refractivity contribution in [2.45, 2.75) is 19.4 Å². The Kier molecular flexibility index (Phi) is 4.97. The van der Waals surface area contributed by atoms with E-state index in [0.717, 1.165) is 5.56 Å². The van der Waals surface area contributed by atoms with Crippen LogP contribution in [0.25, 0.3) is 0 Å². The van der Waals surface area contributed by atoms with Crippen LogP contribution in [-0.2, 0) is 9.53 Å². The lowest BCUT2D eigenvalue weighted by atomic mass is 10.0. The minimum atomic E-state index is -0.525. The van der Waals surface area contributed by atoms with Crippen LogP contribution in [0.3, 0.4) is 0 Å². The second-order valence-electron chi connectivity index (χ2n) is 3.97. The fourth-order valence-corrected chi connectivity index (χ4v) is 1.80. The molecule has 0 heterocycles. The molecule has 1 aromatic rings. The molecule has 0 bridgehead atoms. The molecule has 1 aromatic carbocycles. The Morgan fingerprint density at radius 3 is 2.11 bits per heavy atom. The van der Waals surface area contributed by atoms with Gasteiger partial charge < -0.3 is 19.9 Å². The van der Waals surface area contributed by atoms with Gasteiger partial charge in [0.15, 0.2) is 0 Å². The minimum Gasteiger partial charge on any atom is -0.496 e. The molecular weight excluding hydrogens is 234 g/mol. The summed E-state index contributed by atoms with van der Waals surface area (Å²) in [7, 11) is 4.45. The Balaban J connectivity index is 3.15. The largest absolute Gasteiger partial charge is 0.496 e. The van der Waals surface area contributed by atoms with Gasteiger partial charge in [0.05, 0.1) is 33.3 Å². The summed E-state index contributed by atoms with van der Waals surface area (Å²) in [6.07, 6.45) is 0.0757. The number of carbonyl (C=O) groups is 1. The van der Waals surface area contributed by atoms with Crippen LogP contribution in [0.4, 0.5) is 0 Å². The molecule has 0 fully saturated rings. The van der Waals surface area contributed by atoms with Crippen LogP contribution in [0.15, 0.2) is 12.1 Å². The van der Waals surface area contributed by atoms with Gasteiger partial charge in [-0.3, -0.25) is 4.79 Å². The summed E-state index contributed by atoms with van der Waals surface area (Å²) in [5.74, 6) is 0.860. The van der Waals surface area contributed by atoms with Gasteiger partial charge in [0.1, 0.15) is 11.5 Å². The molecule has 0 amide bonds. The monoisotopic (exact) mass is 253 g/mol. The van der Waals surface area contributed by atoms with E-state index in [0.29, 0.717) is 17.1 Å². The van der Waals surface area contributed by atoms with Gasteiger partial charge in [0.25, 0.3) is 0 Å². The van der Waals surface area contributed by atoms with E-state index in [4.69, 9.17) is 15.2 Å². The lowest BCUT2D eigenvalue weighted by Gasteiger charge is -2.19. The highest BCUT2D eigenvalue weighted by molar-refractivity contribution is 5.71. The Morgan fingerprint density at radius 2 is 1.72 bits per heavy atom. The van der Waals surface area contributed by atoms with Gasteiger partial charge in [-0.15, -0.1) is 0 Å². The molecule has 0 aliphatic carbocycles. The van der Waals surface area contributed by atoms with Gasteiger partial charge in [0, 0.05) is 6.04 Å². The summed E-state index contributed by atoms with van der Waals surface area (Å²) < 4.78 is 15.2. The van der Waals surface area contributed by atoms with Crippen molar-refractivity contribution in [2.24, 2.45) is 5.73 Å². The van der Waals surface area contributed by atoms with Gasteiger partial charge >= 0.3 is 5.97 Å². The highest BCUT2D eigenvalue weighted by Crippen LogP contribution is 2.35. The van der Waals surface area contributed by atoms with Crippen molar-refractivity contribution in [1.82, 2.24) is 0 Å². The molecule has 0 aliphatic rings. The molecule has 1 atom stereocenters. The first kappa shape index (κ1) is 14.3. The normalized spacial score (nSPS) is 11.8. The van der Waals surface area contributed by atoms with Crippen LogP contribution in [0.2, 0.25) is 0 Å². The summed E-state index contributed by atoms with van der Waals surface area (Å²) in [6, 6.07) is 3.19. The van der Waals surface area contributed by atoms with E-state index in [2.05, 4.69) is 4.74 Å². The zero-order valence-corrected chi connectivity index (χ0v) is 11.1. The molecule has 0 unspecified atom stereocenters. The van der Waals surface area contributed by atoms with Crippen LogP contribution in [0, 0.1) is 6.92 Å². The number of nitrogens with two attached hydrogens (primary N) is 1. The van der Waals surface area contributed by atoms with E-state index < -0.39 is 6.04 Å². The van der Waals surface area contributed by atoms with Crippen molar-refractivity contribution in [3.8, 4) is 11.5 Å². The van der Waals surface area contributed by atoms with Crippen LogP contribution in [0.5, 0.6) is 11.5 Å². The zero-order chi connectivity index (χ0) is 13.7. The number of ether oxygens (including phenoxy) is 3. The van der Waals surface area contributed by atoms with Crippen molar-refractivity contribution in [3.05, 3.63) is 23.3 Å². The molecular formula is C13H19NO4. The fraction of sp³-hybridized carbons (Fsp3) is 0.462. The number of methoxy groups -OCH3 is 3. The minimum absolute atomic E-state index is 0.0757. The second kappa shape index (κ2) is 6.26. The summed E-state index contributed by atoms with van der Waals surface area (Å²) in [5, 5.41) is 0. The molecule has 0 spiro atoms. The van der Waals surface area contributed by atoms with Crippen molar-refractivity contribution in [2.75, 3.05) is 21.3 Å². The smallest absolute Gasteiger partial charge is 0.307 e. The molecule has 18 heavy (non-hydrogen) atoms. The summed E-state index contributed by atoms with van der Waals surface area (Å²) in [4.78, 5) is 11.3. The molecule has 0 saturated heterocycles. The quantitative estimate of drug-likeness (QED) is 0.807. The van der Waals surface area contributed by atoms with Crippen LogP contribution < -0.4 is 15.2 Å². The number of hydrogen-bond acceptors (Lipinski definition) is 5. The molecule has 2 N–H and O–H groups in total. The average Bonchev–Trinajstić information content (AvgIpc) is 2.36. The summed E-state index contributed by atoms with van der Waals surface area (Å²) >= 11 is 0. The number of benzene rings is 1. The van der Waals surface area contributed by atoms with E-state index in [1.807, 2.05) is 19.1 Å². The van der Waals surface area contributed by atoms with E-state index in [1.165, 1.54) is 7.11 Å². The number of rotatable bonds is 5. The topological polar surface area (TPSA) is 70.8 Å². The van der Waals surface area contributed by atoms with Crippen LogP contribution in [0.1, 0.15) is 23.6 Å². The summed E-state index contributed by atoms with van der Waals surface area (Å²) in [5.41, 5.74) is 7.69. The van der Waals surface area contributed by atoms with Crippen LogP contribution in [-0.4, -0.2) is 27.3 Å². The zero-order valence-electron chi connectivity index (χ0n) is 11.1. The molecule has 0 aliphatic heterocycles. The lowest BCUT2D eigenvalue weighted by Crippen LogP contribution is -2.18. The molecule has 0 radical (unpaired) electrons. The predicted octanol–water partition coefficient (Wildman–Crippen LogP) is 1.58. The second-order valence-corrected chi connectivity index (χ2v) is 3.97. The Morgan fingerprint density at radius 1 is 1.22 bits per heavy atom. The number of hydrogen-bond donors (Lipinski definition) is 1. The van der Waals surface area contributed by atoms with E-state index in [9.17, 15) is 4.79 Å². The standard InChI is InChI=1S/C13H19NO4/c1-8-5-10(16-2)13(11(6-8)17-3)9(14)7-12(15)18-4/h5-6,9H,7,14H2,1-4H3/t9-/m1/s1. The molecule has 5 nitrogen and oxygen atoms in total. The highest BCUT2D eigenvalue weighted by atomic mass is 16.5. The molecule has 0 aromatic heterocycles. The Bertz CT molecular complexity index is 406. The molecule has 0 saturated carbocycles. The van der Waals surface area contributed by atoms with E-state index in [-0.39, 0.29) is 12.4 Å². The summed E-state index contributed by atoms with van der Waals surface area (Å²) in [6.45, 7) is 1.93. The predicted molar refractivity (Wildman–Crippen MR) is 67.8 cm³/mol. The lowest BCUT2D eigenvalue weighted by molar-refractivity contribution is -0.141. The Labute approximate surface area is 107 Å². The van der Waals surface area contributed by atoms with E-state index >= 15 is 0 Å². The third kappa shape index (κ3) is 3.13. The maximum absolute atomic E-state index is 11.3. The molecule has 1 rings (SSSR count). The average molecular weight is 253 g/mol. The first-order valence-corrected chi connectivity index (χ1v) is 5.58. The maximum Gasteiger partial charge on any atom is 0.307 e. The van der Waals surface area contributed by atoms with Crippen molar-refractivity contribution in [3.63, 3.8) is 0 Å². The Hall–Kier alpha value is -1.75. The van der Waals surface area contributed by atoms with Gasteiger partial charge in [-0.1, -0.05) is 0 Å². The first-order valence-electron chi connectivity index (χ1n) is 5.58. The maximum atomic E-state index is 11.3. The van der Waals surface area contributed by atoms with Gasteiger partial charge in [0.2, 0.25) is 0 Å². The third-order valence-corrected chi connectivity index (χ3v) is 2.67. The van der Waals surface area contributed by atoms with Gasteiger partial charge in [-0.05, 0) is 24.6 Å². The van der Waals surface area contributed by atoms with Crippen molar-refractivity contribution in [1.29, 1.82) is 0 Å². The van der Waals surface area contributed by atoms with E-state index in [1.54, 1.807) is 14.2 Å².